The van der Waals surface area contributed by atoms with Crippen LogP contribution in [-0.2, 0) is 10.2 Å². The SMILES string of the molecule is COCCN(C)CC12CCCCC1(C)C=Cc1ccc(C)cc12. The van der Waals surface area contributed by atoms with E-state index in [0.29, 0.717) is 0 Å². The van der Waals surface area contributed by atoms with Crippen LogP contribution in [0.5, 0.6) is 0 Å². The van der Waals surface area contributed by atoms with Crippen LogP contribution >= 0.6 is 0 Å². The van der Waals surface area contributed by atoms with Crippen molar-refractivity contribution in [2.45, 2.75) is 44.9 Å². The Hall–Kier alpha value is -1.12. The maximum atomic E-state index is 5.29. The Kier molecular flexibility index (Phi) is 4.66. The highest BCUT2D eigenvalue weighted by molar-refractivity contribution is 5.63. The quantitative estimate of drug-likeness (QED) is 0.798. The van der Waals surface area contributed by atoms with Crippen molar-refractivity contribution < 1.29 is 4.74 Å². The monoisotopic (exact) mass is 313 g/mol. The van der Waals surface area contributed by atoms with Gasteiger partial charge in [0.25, 0.3) is 0 Å². The van der Waals surface area contributed by atoms with Gasteiger partial charge in [-0.15, -0.1) is 0 Å². The van der Waals surface area contributed by atoms with E-state index >= 15 is 0 Å². The van der Waals surface area contributed by atoms with Crippen molar-refractivity contribution in [1.29, 1.82) is 0 Å². The Morgan fingerprint density at radius 2 is 2.00 bits per heavy atom. The van der Waals surface area contributed by atoms with Gasteiger partial charge in [-0.2, -0.15) is 0 Å². The molecule has 1 saturated carbocycles. The van der Waals surface area contributed by atoms with E-state index in [2.05, 4.69) is 56.1 Å². The Morgan fingerprint density at radius 1 is 1.22 bits per heavy atom. The number of hydrogen-bond donors (Lipinski definition) is 0. The number of allylic oxidation sites excluding steroid dienone is 1. The Morgan fingerprint density at radius 3 is 2.78 bits per heavy atom. The van der Waals surface area contributed by atoms with Gasteiger partial charge in [0.1, 0.15) is 0 Å². The smallest absolute Gasteiger partial charge is 0.0589 e. The molecule has 2 atom stereocenters. The van der Waals surface area contributed by atoms with Crippen LogP contribution in [0.2, 0.25) is 0 Å². The minimum Gasteiger partial charge on any atom is -0.383 e. The third-order valence-electron chi connectivity index (χ3n) is 6.21. The number of ether oxygens (including phenoxy) is 1. The summed E-state index contributed by atoms with van der Waals surface area (Å²) in [5.41, 5.74) is 4.89. The summed E-state index contributed by atoms with van der Waals surface area (Å²) in [5, 5.41) is 0. The number of nitrogens with zero attached hydrogens (tertiary/aromatic N) is 1. The summed E-state index contributed by atoms with van der Waals surface area (Å²) in [6.45, 7) is 7.63. The minimum absolute atomic E-state index is 0.240. The molecule has 23 heavy (non-hydrogen) atoms. The summed E-state index contributed by atoms with van der Waals surface area (Å²) < 4.78 is 5.29. The molecule has 1 aromatic carbocycles. The van der Waals surface area contributed by atoms with E-state index in [0.717, 1.165) is 19.7 Å². The lowest BCUT2D eigenvalue weighted by atomic mass is 9.51. The zero-order valence-electron chi connectivity index (χ0n) is 15.2. The molecule has 2 heteroatoms. The van der Waals surface area contributed by atoms with E-state index in [4.69, 9.17) is 4.74 Å². The zero-order valence-corrected chi connectivity index (χ0v) is 15.2. The van der Waals surface area contributed by atoms with Crippen molar-refractivity contribution in [3.63, 3.8) is 0 Å². The second kappa shape index (κ2) is 6.41. The fourth-order valence-electron chi connectivity index (χ4n) is 4.76. The number of fused-ring (bicyclic) bond motifs is 3. The lowest BCUT2D eigenvalue weighted by molar-refractivity contribution is 0.0685. The van der Waals surface area contributed by atoms with Crippen molar-refractivity contribution in [3.05, 3.63) is 41.0 Å². The van der Waals surface area contributed by atoms with Gasteiger partial charge in [0.2, 0.25) is 0 Å². The van der Waals surface area contributed by atoms with Crippen LogP contribution in [-0.4, -0.2) is 38.8 Å². The second-order valence-electron chi connectivity index (χ2n) is 7.86. The molecule has 2 nitrogen and oxygen atoms in total. The predicted molar refractivity (Wildman–Crippen MR) is 97.8 cm³/mol. The van der Waals surface area contributed by atoms with E-state index in [-0.39, 0.29) is 10.8 Å². The topological polar surface area (TPSA) is 12.5 Å². The molecule has 126 valence electrons. The van der Waals surface area contributed by atoms with Crippen molar-refractivity contribution in [1.82, 2.24) is 4.90 Å². The molecule has 0 heterocycles. The van der Waals surface area contributed by atoms with Gasteiger partial charge in [0.15, 0.2) is 0 Å². The summed E-state index contributed by atoms with van der Waals surface area (Å²) in [4.78, 5) is 2.47. The van der Waals surface area contributed by atoms with Crippen LogP contribution in [0, 0.1) is 12.3 Å². The van der Waals surface area contributed by atoms with Crippen molar-refractivity contribution in [2.75, 3.05) is 33.9 Å². The van der Waals surface area contributed by atoms with Crippen LogP contribution in [0.4, 0.5) is 0 Å². The van der Waals surface area contributed by atoms with Crippen LogP contribution < -0.4 is 0 Å². The Labute approximate surface area is 141 Å². The van der Waals surface area contributed by atoms with Crippen molar-refractivity contribution >= 4 is 6.08 Å². The molecule has 1 aromatic rings. The van der Waals surface area contributed by atoms with E-state index in [1.54, 1.807) is 12.7 Å². The molecule has 0 aliphatic heterocycles. The summed E-state index contributed by atoms with van der Waals surface area (Å²) in [6.07, 6.45) is 10.2. The average molecular weight is 313 g/mol. The molecule has 2 aliphatic carbocycles. The predicted octanol–water partition coefficient (Wildman–Crippen LogP) is 4.42. The molecular formula is C21H31NO. The zero-order chi connectivity index (χ0) is 16.5. The summed E-state index contributed by atoms with van der Waals surface area (Å²) in [5.74, 6) is 0. The molecule has 1 fully saturated rings. The van der Waals surface area contributed by atoms with E-state index in [9.17, 15) is 0 Å². The fraction of sp³-hybridized carbons (Fsp3) is 0.619. The average Bonchev–Trinajstić information content (AvgIpc) is 2.53. The number of hydrogen-bond acceptors (Lipinski definition) is 2. The molecule has 0 spiro atoms. The van der Waals surface area contributed by atoms with Crippen molar-refractivity contribution in [3.8, 4) is 0 Å². The standard InChI is InChI=1S/C21H31NO/c1-17-7-8-18-9-12-20(2)10-5-6-11-21(20,19(18)15-17)16-22(3)13-14-23-4/h7-9,12,15H,5-6,10-11,13-14,16H2,1-4H3. The maximum absolute atomic E-state index is 5.29. The first kappa shape index (κ1) is 16.7. The summed E-state index contributed by atoms with van der Waals surface area (Å²) in [6, 6.07) is 7.01. The summed E-state index contributed by atoms with van der Waals surface area (Å²) in [7, 11) is 4.04. The van der Waals surface area contributed by atoms with Gasteiger partial charge >= 0.3 is 0 Å². The number of aryl methyl sites for hydroxylation is 1. The number of benzene rings is 1. The second-order valence-corrected chi connectivity index (χ2v) is 7.86. The van der Waals surface area contributed by atoms with Gasteiger partial charge < -0.3 is 9.64 Å². The molecule has 2 unspecified atom stereocenters. The Balaban J connectivity index is 2.03. The molecule has 0 bridgehead atoms. The van der Waals surface area contributed by atoms with E-state index < -0.39 is 0 Å². The lowest BCUT2D eigenvalue weighted by Gasteiger charge is -2.55. The van der Waals surface area contributed by atoms with Gasteiger partial charge in [0, 0.05) is 25.6 Å². The lowest BCUT2D eigenvalue weighted by Crippen LogP contribution is -2.53. The third-order valence-corrected chi connectivity index (χ3v) is 6.21. The molecule has 0 amide bonds. The highest BCUT2D eigenvalue weighted by Crippen LogP contribution is 2.56. The largest absolute Gasteiger partial charge is 0.383 e. The molecule has 0 saturated heterocycles. The molecule has 0 N–H and O–H groups in total. The third kappa shape index (κ3) is 2.88. The molecule has 3 rings (SSSR count). The van der Waals surface area contributed by atoms with Gasteiger partial charge in [-0.1, -0.05) is 55.7 Å². The number of rotatable bonds is 5. The highest BCUT2D eigenvalue weighted by Gasteiger charge is 2.51. The molecule has 2 aliphatic rings. The van der Waals surface area contributed by atoms with Crippen molar-refractivity contribution in [2.24, 2.45) is 5.41 Å². The van der Waals surface area contributed by atoms with Crippen LogP contribution in [0.1, 0.15) is 49.3 Å². The molecular weight excluding hydrogens is 282 g/mol. The van der Waals surface area contributed by atoms with E-state index in [1.165, 1.54) is 36.8 Å². The van der Waals surface area contributed by atoms with Gasteiger partial charge in [0.05, 0.1) is 6.61 Å². The maximum Gasteiger partial charge on any atom is 0.0589 e. The molecule has 0 aromatic heterocycles. The normalized spacial score (nSPS) is 29.4. The van der Waals surface area contributed by atoms with E-state index in [1.807, 2.05) is 0 Å². The Bertz CT molecular complexity index is 594. The van der Waals surface area contributed by atoms with Gasteiger partial charge in [-0.25, -0.2) is 0 Å². The van der Waals surface area contributed by atoms with Crippen LogP contribution in [0.25, 0.3) is 6.08 Å². The first-order valence-electron chi connectivity index (χ1n) is 8.99. The van der Waals surface area contributed by atoms with Crippen LogP contribution in [0.15, 0.2) is 24.3 Å². The summed E-state index contributed by atoms with van der Waals surface area (Å²) >= 11 is 0. The minimum atomic E-state index is 0.240. The van der Waals surface area contributed by atoms with Crippen LogP contribution in [0.3, 0.4) is 0 Å². The van der Waals surface area contributed by atoms with Gasteiger partial charge in [-0.3, -0.25) is 0 Å². The number of likely N-dealkylation sites (N-methyl/N-ethyl adjacent to an activating group) is 1. The van der Waals surface area contributed by atoms with Gasteiger partial charge in [-0.05, 0) is 43.4 Å². The fourth-order valence-corrected chi connectivity index (χ4v) is 4.76. The number of methoxy groups -OCH3 is 1. The highest BCUT2D eigenvalue weighted by atomic mass is 16.5. The first-order valence-corrected chi connectivity index (χ1v) is 8.99. The molecule has 0 radical (unpaired) electrons. The first-order chi connectivity index (χ1) is 11.0.